The zero-order valence-electron chi connectivity index (χ0n) is 12.0. The van der Waals surface area contributed by atoms with E-state index in [1.165, 1.54) is 22.7 Å². The highest BCUT2D eigenvalue weighted by molar-refractivity contribution is 8.21. The Morgan fingerprint density at radius 3 is 1.59 bits per heavy atom. The maximum absolute atomic E-state index is 13.1. The lowest BCUT2D eigenvalue weighted by Crippen LogP contribution is -2.17. The van der Waals surface area contributed by atoms with Crippen LogP contribution in [0.1, 0.15) is 5.56 Å². The molecule has 0 unspecified atom stereocenters. The summed E-state index contributed by atoms with van der Waals surface area (Å²) < 4.78 is 13.1. The van der Waals surface area contributed by atoms with E-state index in [1.54, 1.807) is 0 Å². The van der Waals surface area contributed by atoms with Crippen molar-refractivity contribution >= 4 is 28.5 Å². The highest BCUT2D eigenvalue weighted by Crippen LogP contribution is 2.47. The topological polar surface area (TPSA) is 0 Å². The standard InChI is InChI=1S/C19H16FPS/c20-17-13-11-16(12-14-17)15-21(22,18-7-3-1-4-8-18)19-9-5-2-6-10-19/h1-14H,15H2. The van der Waals surface area contributed by atoms with Crippen LogP contribution in [0.25, 0.3) is 0 Å². The summed E-state index contributed by atoms with van der Waals surface area (Å²) in [5, 5.41) is 2.39. The molecule has 0 spiro atoms. The van der Waals surface area contributed by atoms with E-state index >= 15 is 0 Å². The first-order valence-electron chi connectivity index (χ1n) is 7.13. The summed E-state index contributed by atoms with van der Waals surface area (Å²) in [6.45, 7) is 0. The van der Waals surface area contributed by atoms with Crippen LogP contribution in [-0.4, -0.2) is 0 Å². The molecule has 3 heteroatoms. The fourth-order valence-corrected chi connectivity index (χ4v) is 6.39. The second kappa shape index (κ2) is 6.56. The van der Waals surface area contributed by atoms with Gasteiger partial charge in [-0.3, -0.25) is 0 Å². The molecule has 0 N–H and O–H groups in total. The quantitative estimate of drug-likeness (QED) is 0.638. The molecule has 0 aliphatic carbocycles. The van der Waals surface area contributed by atoms with Gasteiger partial charge in [-0.05, 0) is 28.3 Å². The molecule has 0 atom stereocenters. The van der Waals surface area contributed by atoms with E-state index < -0.39 is 6.04 Å². The van der Waals surface area contributed by atoms with Gasteiger partial charge in [-0.25, -0.2) is 4.39 Å². The largest absolute Gasteiger partial charge is 0.207 e. The third-order valence-electron chi connectivity index (χ3n) is 3.67. The molecule has 0 bridgehead atoms. The maximum atomic E-state index is 13.1. The number of rotatable bonds is 4. The van der Waals surface area contributed by atoms with Crippen molar-refractivity contribution in [3.05, 3.63) is 96.3 Å². The molecule has 0 aliphatic heterocycles. The van der Waals surface area contributed by atoms with Crippen LogP contribution in [0.5, 0.6) is 0 Å². The number of halogens is 1. The Morgan fingerprint density at radius 1 is 0.682 bits per heavy atom. The van der Waals surface area contributed by atoms with Crippen LogP contribution >= 0.6 is 6.04 Å². The van der Waals surface area contributed by atoms with Gasteiger partial charge in [-0.15, -0.1) is 0 Å². The lowest BCUT2D eigenvalue weighted by Gasteiger charge is -2.23. The molecule has 0 nitrogen and oxygen atoms in total. The molecule has 0 heterocycles. The molecule has 0 saturated heterocycles. The third-order valence-corrected chi connectivity index (χ3v) is 8.39. The molecule has 22 heavy (non-hydrogen) atoms. The smallest absolute Gasteiger partial charge is 0.123 e. The van der Waals surface area contributed by atoms with Crippen molar-refractivity contribution in [1.82, 2.24) is 0 Å². The van der Waals surface area contributed by atoms with E-state index in [0.29, 0.717) is 0 Å². The lowest BCUT2D eigenvalue weighted by molar-refractivity contribution is 0.627. The summed E-state index contributed by atoms with van der Waals surface area (Å²) in [6, 6.07) is 25.3. The number of hydrogen-bond donors (Lipinski definition) is 0. The van der Waals surface area contributed by atoms with Crippen molar-refractivity contribution in [2.24, 2.45) is 0 Å². The summed E-state index contributed by atoms with van der Waals surface area (Å²) in [7, 11) is 0. The highest BCUT2D eigenvalue weighted by atomic mass is 32.4. The zero-order chi connectivity index (χ0) is 15.4. The summed E-state index contributed by atoms with van der Waals surface area (Å²) in [4.78, 5) is 0. The maximum Gasteiger partial charge on any atom is 0.123 e. The van der Waals surface area contributed by atoms with Crippen molar-refractivity contribution in [3.63, 3.8) is 0 Å². The van der Waals surface area contributed by atoms with Gasteiger partial charge in [0.1, 0.15) is 5.82 Å². The van der Waals surface area contributed by atoms with E-state index in [2.05, 4.69) is 24.3 Å². The van der Waals surface area contributed by atoms with E-state index in [4.69, 9.17) is 11.8 Å². The second-order valence-corrected chi connectivity index (χ2v) is 9.89. The predicted octanol–water partition coefficient (Wildman–Crippen LogP) is 4.46. The Bertz CT molecular complexity index is 739. The van der Waals surface area contributed by atoms with Crippen molar-refractivity contribution in [2.75, 3.05) is 0 Å². The molecule has 0 fully saturated rings. The first-order valence-corrected chi connectivity index (χ1v) is 10.1. The minimum atomic E-state index is -1.95. The Morgan fingerprint density at radius 2 is 1.14 bits per heavy atom. The van der Waals surface area contributed by atoms with Crippen LogP contribution in [0.2, 0.25) is 0 Å². The van der Waals surface area contributed by atoms with Gasteiger partial charge in [0.2, 0.25) is 0 Å². The Labute approximate surface area is 135 Å². The number of hydrogen-bond acceptors (Lipinski definition) is 1. The van der Waals surface area contributed by atoms with E-state index in [9.17, 15) is 4.39 Å². The van der Waals surface area contributed by atoms with Crippen molar-refractivity contribution < 1.29 is 4.39 Å². The molecule has 3 aromatic rings. The first kappa shape index (κ1) is 15.1. The molecule has 3 rings (SSSR count). The Kier molecular flexibility index (Phi) is 4.52. The van der Waals surface area contributed by atoms with Gasteiger partial charge in [-0.1, -0.05) is 84.6 Å². The van der Waals surface area contributed by atoms with Gasteiger partial charge < -0.3 is 0 Å². The Hall–Kier alpha value is -1.76. The van der Waals surface area contributed by atoms with Gasteiger partial charge >= 0.3 is 0 Å². The number of benzene rings is 3. The van der Waals surface area contributed by atoms with E-state index in [-0.39, 0.29) is 5.82 Å². The molecule has 0 aliphatic rings. The molecule has 0 saturated carbocycles. The average molecular weight is 326 g/mol. The molecule has 0 aromatic heterocycles. The molecule has 110 valence electrons. The van der Waals surface area contributed by atoms with Crippen LogP contribution in [-0.2, 0) is 18.0 Å². The van der Waals surface area contributed by atoms with Gasteiger partial charge in [0.05, 0.1) is 0 Å². The predicted molar refractivity (Wildman–Crippen MR) is 96.5 cm³/mol. The van der Waals surface area contributed by atoms with Crippen LogP contribution in [0.15, 0.2) is 84.9 Å². The fraction of sp³-hybridized carbons (Fsp3) is 0.0526. The normalized spacial score (nSPS) is 11.3. The summed E-state index contributed by atoms with van der Waals surface area (Å²) in [5.41, 5.74) is 1.08. The summed E-state index contributed by atoms with van der Waals surface area (Å²) in [5.74, 6) is -0.212. The van der Waals surface area contributed by atoms with E-state index in [1.807, 2.05) is 48.5 Å². The minimum Gasteiger partial charge on any atom is -0.207 e. The van der Waals surface area contributed by atoms with E-state index in [0.717, 1.165) is 11.7 Å². The third kappa shape index (κ3) is 3.19. The van der Waals surface area contributed by atoms with Gasteiger partial charge in [0.25, 0.3) is 0 Å². The molecule has 3 aromatic carbocycles. The molecular formula is C19H16FPS. The van der Waals surface area contributed by atoms with Crippen molar-refractivity contribution in [1.29, 1.82) is 0 Å². The zero-order valence-corrected chi connectivity index (χ0v) is 13.7. The monoisotopic (exact) mass is 326 g/mol. The van der Waals surface area contributed by atoms with Crippen LogP contribution < -0.4 is 10.6 Å². The fourth-order valence-electron chi connectivity index (χ4n) is 2.52. The average Bonchev–Trinajstić information content (AvgIpc) is 2.58. The van der Waals surface area contributed by atoms with Gasteiger partial charge in [-0.2, -0.15) is 0 Å². The first-order chi connectivity index (χ1) is 10.7. The Balaban J connectivity index is 2.08. The minimum absolute atomic E-state index is 0.212. The highest BCUT2D eigenvalue weighted by Gasteiger charge is 2.22. The summed E-state index contributed by atoms with van der Waals surface area (Å²) >= 11 is 6.17. The van der Waals surface area contributed by atoms with Gasteiger partial charge in [0, 0.05) is 12.2 Å². The summed E-state index contributed by atoms with van der Waals surface area (Å²) in [6.07, 6.45) is 0.761. The lowest BCUT2D eigenvalue weighted by atomic mass is 10.2. The van der Waals surface area contributed by atoms with Crippen molar-refractivity contribution in [3.8, 4) is 0 Å². The molecule has 0 radical (unpaired) electrons. The van der Waals surface area contributed by atoms with Crippen LogP contribution in [0, 0.1) is 5.82 Å². The van der Waals surface area contributed by atoms with Crippen LogP contribution in [0.3, 0.4) is 0 Å². The van der Waals surface area contributed by atoms with Crippen molar-refractivity contribution in [2.45, 2.75) is 6.16 Å². The molecule has 0 amide bonds. The SMILES string of the molecule is Fc1ccc(CP(=S)(c2ccccc2)c2ccccc2)cc1. The second-order valence-electron chi connectivity index (χ2n) is 5.20. The van der Waals surface area contributed by atoms with Crippen LogP contribution in [0.4, 0.5) is 4.39 Å². The van der Waals surface area contributed by atoms with Gasteiger partial charge in [0.15, 0.2) is 0 Å². The molecular weight excluding hydrogens is 310 g/mol.